The summed E-state index contributed by atoms with van der Waals surface area (Å²) in [4.78, 5) is 17.8. The Morgan fingerprint density at radius 1 is 1.65 bits per heavy atom. The summed E-state index contributed by atoms with van der Waals surface area (Å²) in [5.74, 6) is 1.56. The van der Waals surface area contributed by atoms with Gasteiger partial charge in [-0.05, 0) is 32.4 Å². The Hall–Kier alpha value is -1.16. The van der Waals surface area contributed by atoms with E-state index in [9.17, 15) is 4.79 Å². The highest BCUT2D eigenvalue weighted by Gasteiger charge is 2.23. The van der Waals surface area contributed by atoms with Crippen molar-refractivity contribution < 1.29 is 9.21 Å². The van der Waals surface area contributed by atoms with Crippen molar-refractivity contribution in [3.05, 3.63) is 17.8 Å². The van der Waals surface area contributed by atoms with Gasteiger partial charge in [0, 0.05) is 13.0 Å². The molecule has 1 aromatic rings. The Morgan fingerprint density at radius 3 is 3.12 bits per heavy atom. The van der Waals surface area contributed by atoms with Crippen LogP contribution in [0.25, 0.3) is 0 Å². The molecule has 2 rings (SSSR count). The van der Waals surface area contributed by atoms with Gasteiger partial charge in [0.25, 0.3) is 0 Å². The molecule has 1 fully saturated rings. The van der Waals surface area contributed by atoms with Crippen LogP contribution >= 0.6 is 0 Å². The van der Waals surface area contributed by atoms with Crippen molar-refractivity contribution in [2.75, 3.05) is 19.6 Å². The Morgan fingerprint density at radius 2 is 2.47 bits per heavy atom. The number of likely N-dealkylation sites (tertiary alicyclic amines) is 1. The van der Waals surface area contributed by atoms with Gasteiger partial charge in [-0.1, -0.05) is 6.92 Å². The first kappa shape index (κ1) is 12.3. The molecule has 0 bridgehead atoms. The minimum absolute atomic E-state index is 0.128. The van der Waals surface area contributed by atoms with Crippen LogP contribution < -0.4 is 0 Å². The van der Waals surface area contributed by atoms with Crippen molar-refractivity contribution in [1.82, 2.24) is 9.88 Å². The second kappa shape index (κ2) is 5.45. The van der Waals surface area contributed by atoms with Crippen LogP contribution in [-0.2, 0) is 17.6 Å². The van der Waals surface area contributed by atoms with E-state index in [0.29, 0.717) is 12.3 Å². The molecular weight excluding hydrogens is 216 g/mol. The second-order valence-electron chi connectivity index (χ2n) is 4.86. The van der Waals surface area contributed by atoms with Gasteiger partial charge >= 0.3 is 0 Å². The summed E-state index contributed by atoms with van der Waals surface area (Å²) in [6.45, 7) is 7.21. The van der Waals surface area contributed by atoms with Crippen LogP contribution in [0.3, 0.4) is 0 Å². The molecule has 1 aromatic heterocycles. The maximum absolute atomic E-state index is 11.0. The lowest BCUT2D eigenvalue weighted by Gasteiger charge is -2.11. The van der Waals surface area contributed by atoms with Gasteiger partial charge in [0.2, 0.25) is 0 Å². The zero-order valence-corrected chi connectivity index (χ0v) is 10.6. The number of hydrogen-bond acceptors (Lipinski definition) is 4. The summed E-state index contributed by atoms with van der Waals surface area (Å²) in [7, 11) is 0. The Balaban J connectivity index is 1.87. The number of carbonyl (C=O) groups excluding carboxylic acids is 1. The monoisotopic (exact) mass is 236 g/mol. The van der Waals surface area contributed by atoms with Gasteiger partial charge < -0.3 is 9.32 Å². The quantitative estimate of drug-likeness (QED) is 0.780. The number of Topliss-reactive ketones (excluding diaryl/α,β-unsaturated/α-hetero) is 1. The molecule has 0 amide bonds. The van der Waals surface area contributed by atoms with Crippen molar-refractivity contribution in [2.24, 2.45) is 5.92 Å². The van der Waals surface area contributed by atoms with Crippen molar-refractivity contribution in [3.63, 3.8) is 0 Å². The van der Waals surface area contributed by atoms with Crippen LogP contribution in [0.2, 0.25) is 0 Å². The first-order valence-corrected chi connectivity index (χ1v) is 6.32. The third-order valence-corrected chi connectivity index (χ3v) is 3.31. The van der Waals surface area contributed by atoms with Gasteiger partial charge in [0.05, 0.1) is 12.1 Å². The molecule has 1 saturated heterocycles. The highest BCUT2D eigenvalue weighted by Crippen LogP contribution is 2.20. The van der Waals surface area contributed by atoms with Gasteiger partial charge in [-0.2, -0.15) is 0 Å². The number of hydrogen-bond donors (Lipinski definition) is 0. The Bertz CT molecular complexity index is 387. The predicted molar refractivity (Wildman–Crippen MR) is 64.8 cm³/mol. The first-order chi connectivity index (χ1) is 8.17. The summed E-state index contributed by atoms with van der Waals surface area (Å²) in [6, 6.07) is 0. The Kier molecular flexibility index (Phi) is 3.94. The van der Waals surface area contributed by atoms with E-state index in [1.807, 2.05) is 0 Å². The molecule has 94 valence electrons. The minimum Gasteiger partial charge on any atom is -0.449 e. The van der Waals surface area contributed by atoms with Crippen molar-refractivity contribution in [1.29, 1.82) is 0 Å². The van der Waals surface area contributed by atoms with E-state index in [-0.39, 0.29) is 5.78 Å². The van der Waals surface area contributed by atoms with Gasteiger partial charge in [-0.3, -0.25) is 4.79 Å². The normalized spacial score (nSPS) is 20.9. The van der Waals surface area contributed by atoms with Crippen LogP contribution in [0.15, 0.2) is 10.7 Å². The van der Waals surface area contributed by atoms with E-state index >= 15 is 0 Å². The van der Waals surface area contributed by atoms with E-state index in [2.05, 4.69) is 16.8 Å². The molecule has 0 radical (unpaired) electrons. The van der Waals surface area contributed by atoms with Gasteiger partial charge in [-0.25, -0.2) is 4.98 Å². The van der Waals surface area contributed by atoms with E-state index in [4.69, 9.17) is 4.42 Å². The van der Waals surface area contributed by atoms with E-state index < -0.39 is 0 Å². The van der Waals surface area contributed by atoms with Crippen LogP contribution in [-0.4, -0.2) is 35.3 Å². The fourth-order valence-corrected chi connectivity index (χ4v) is 2.39. The second-order valence-corrected chi connectivity index (χ2v) is 4.86. The number of rotatable bonds is 5. The highest BCUT2D eigenvalue weighted by molar-refractivity contribution is 5.77. The van der Waals surface area contributed by atoms with Crippen molar-refractivity contribution in [2.45, 2.75) is 33.1 Å². The molecule has 0 spiro atoms. The van der Waals surface area contributed by atoms with Crippen molar-refractivity contribution >= 4 is 5.78 Å². The molecule has 0 aliphatic carbocycles. The summed E-state index contributed by atoms with van der Waals surface area (Å²) in [5.41, 5.74) is 0.762. The Labute approximate surface area is 102 Å². The van der Waals surface area contributed by atoms with Gasteiger partial charge in [0.15, 0.2) is 5.89 Å². The number of oxazole rings is 1. The molecule has 1 atom stereocenters. The number of nitrogens with zero attached hydrogens (tertiary/aromatic N) is 2. The first-order valence-electron chi connectivity index (χ1n) is 6.32. The molecule has 4 nitrogen and oxygen atoms in total. The van der Waals surface area contributed by atoms with Crippen molar-refractivity contribution in [3.8, 4) is 0 Å². The number of ketones is 1. The van der Waals surface area contributed by atoms with Crippen LogP contribution in [0.5, 0.6) is 0 Å². The third kappa shape index (κ3) is 3.40. The third-order valence-electron chi connectivity index (χ3n) is 3.31. The van der Waals surface area contributed by atoms with Crippen LogP contribution in [0.1, 0.15) is 31.9 Å². The maximum Gasteiger partial charge on any atom is 0.194 e. The summed E-state index contributed by atoms with van der Waals surface area (Å²) >= 11 is 0. The molecule has 0 aromatic carbocycles. The topological polar surface area (TPSA) is 46.3 Å². The average molecular weight is 236 g/mol. The van der Waals surface area contributed by atoms with E-state index in [1.54, 1.807) is 13.2 Å². The largest absolute Gasteiger partial charge is 0.449 e. The summed E-state index contributed by atoms with van der Waals surface area (Å²) in [6.07, 6.45) is 4.12. The molecule has 1 unspecified atom stereocenters. The zero-order valence-electron chi connectivity index (χ0n) is 10.6. The van der Waals surface area contributed by atoms with E-state index in [0.717, 1.165) is 31.1 Å². The molecule has 4 heteroatoms. The number of aromatic nitrogens is 1. The average Bonchev–Trinajstić information content (AvgIpc) is 2.88. The van der Waals surface area contributed by atoms with Gasteiger partial charge in [0.1, 0.15) is 12.0 Å². The molecule has 17 heavy (non-hydrogen) atoms. The fourth-order valence-electron chi connectivity index (χ4n) is 2.39. The van der Waals surface area contributed by atoms with Gasteiger partial charge in [-0.15, -0.1) is 0 Å². The number of carbonyl (C=O) groups is 1. The predicted octanol–water partition coefficient (Wildman–Crippen LogP) is 1.69. The minimum atomic E-state index is 0.128. The highest BCUT2D eigenvalue weighted by atomic mass is 16.3. The summed E-state index contributed by atoms with van der Waals surface area (Å²) in [5, 5.41) is 0. The lowest BCUT2D eigenvalue weighted by molar-refractivity contribution is -0.116. The zero-order chi connectivity index (χ0) is 12.3. The molecule has 2 heterocycles. The summed E-state index contributed by atoms with van der Waals surface area (Å²) < 4.78 is 5.41. The lowest BCUT2D eigenvalue weighted by Crippen LogP contribution is -2.20. The smallest absolute Gasteiger partial charge is 0.194 e. The maximum atomic E-state index is 11.0. The lowest BCUT2D eigenvalue weighted by atomic mass is 10.1. The van der Waals surface area contributed by atoms with Crippen LogP contribution in [0, 0.1) is 5.92 Å². The van der Waals surface area contributed by atoms with Crippen LogP contribution in [0.4, 0.5) is 0 Å². The molecule has 0 saturated carbocycles. The SMILES string of the molecule is CCN1CCC(Cc2nc(CC(C)=O)co2)C1. The van der Waals surface area contributed by atoms with E-state index in [1.165, 1.54) is 13.0 Å². The fraction of sp³-hybridized carbons (Fsp3) is 0.692. The molecule has 1 aliphatic heterocycles. The molecular formula is C13H20N2O2. The molecule has 0 N–H and O–H groups in total. The molecule has 1 aliphatic rings. The standard InChI is InChI=1S/C13H20N2O2/c1-3-15-5-4-11(8-15)7-13-14-12(9-17-13)6-10(2)16/h9,11H,3-8H2,1-2H3.